The average molecular weight is 245 g/mol. The van der Waals surface area contributed by atoms with Crippen molar-refractivity contribution in [1.82, 2.24) is 14.9 Å². The largest absolute Gasteiger partial charge is 0.379 e. The molecule has 1 aliphatic rings. The summed E-state index contributed by atoms with van der Waals surface area (Å²) in [5.41, 5.74) is 2.26. The maximum Gasteiger partial charge on any atom is 0.116 e. The summed E-state index contributed by atoms with van der Waals surface area (Å²) in [6.45, 7) is 4.63. The second-order valence-electron chi connectivity index (χ2n) is 4.83. The van der Waals surface area contributed by atoms with E-state index in [9.17, 15) is 0 Å². The Morgan fingerprint density at radius 3 is 3.00 bits per heavy atom. The molecular formula is C14H19N3O. The number of aromatic nitrogens is 2. The zero-order chi connectivity index (χ0) is 12.5. The molecule has 3 rings (SSSR count). The number of benzene rings is 1. The highest BCUT2D eigenvalue weighted by Gasteiger charge is 2.32. The molecule has 0 bridgehead atoms. The number of nitrogens with one attached hydrogen (secondary N) is 1. The van der Waals surface area contributed by atoms with Gasteiger partial charge >= 0.3 is 0 Å². The van der Waals surface area contributed by atoms with Gasteiger partial charge in [-0.25, -0.2) is 4.98 Å². The molecule has 1 aromatic heterocycles. The van der Waals surface area contributed by atoms with E-state index in [1.54, 1.807) is 0 Å². The van der Waals surface area contributed by atoms with E-state index in [1.807, 2.05) is 6.07 Å². The molecule has 1 aliphatic heterocycles. The van der Waals surface area contributed by atoms with E-state index in [0.717, 1.165) is 31.1 Å². The molecule has 1 aromatic carbocycles. The normalized spacial score (nSPS) is 23.9. The first kappa shape index (κ1) is 11.7. The Morgan fingerprint density at radius 1 is 1.39 bits per heavy atom. The number of hydrogen-bond acceptors (Lipinski definition) is 3. The van der Waals surface area contributed by atoms with Crippen LogP contribution in [-0.2, 0) is 11.8 Å². The Kier molecular flexibility index (Phi) is 3.06. The summed E-state index contributed by atoms with van der Waals surface area (Å²) in [5, 5.41) is 3.49. The topological polar surface area (TPSA) is 39.1 Å². The lowest BCUT2D eigenvalue weighted by Gasteiger charge is -2.17. The van der Waals surface area contributed by atoms with Crippen molar-refractivity contribution >= 4 is 11.0 Å². The third-order valence-corrected chi connectivity index (χ3v) is 3.70. The highest BCUT2D eigenvalue weighted by atomic mass is 16.5. The third kappa shape index (κ3) is 1.82. The van der Waals surface area contributed by atoms with E-state index in [0.29, 0.717) is 12.0 Å². The van der Waals surface area contributed by atoms with Gasteiger partial charge in [0.05, 0.1) is 30.2 Å². The number of imidazole rings is 1. The van der Waals surface area contributed by atoms with Crippen LogP contribution in [0, 0.1) is 0 Å². The molecule has 0 amide bonds. The van der Waals surface area contributed by atoms with E-state index in [1.165, 1.54) is 5.52 Å². The minimum absolute atomic E-state index is 0.349. The molecule has 96 valence electrons. The molecule has 1 N–H and O–H groups in total. The highest BCUT2D eigenvalue weighted by Crippen LogP contribution is 2.27. The number of hydrogen-bond donors (Lipinski definition) is 1. The van der Waals surface area contributed by atoms with Crippen LogP contribution in [0.15, 0.2) is 24.3 Å². The zero-order valence-corrected chi connectivity index (χ0v) is 10.9. The van der Waals surface area contributed by atoms with Gasteiger partial charge in [-0.05, 0) is 18.7 Å². The van der Waals surface area contributed by atoms with Crippen molar-refractivity contribution < 1.29 is 4.74 Å². The van der Waals surface area contributed by atoms with E-state index in [2.05, 4.69) is 42.1 Å². The van der Waals surface area contributed by atoms with Gasteiger partial charge in [0, 0.05) is 13.1 Å². The van der Waals surface area contributed by atoms with Crippen LogP contribution in [0.4, 0.5) is 0 Å². The van der Waals surface area contributed by atoms with Gasteiger partial charge in [-0.3, -0.25) is 0 Å². The maximum atomic E-state index is 5.61. The Morgan fingerprint density at radius 2 is 2.22 bits per heavy atom. The van der Waals surface area contributed by atoms with Gasteiger partial charge in [0.1, 0.15) is 5.82 Å². The van der Waals surface area contributed by atoms with Gasteiger partial charge in [-0.15, -0.1) is 0 Å². The van der Waals surface area contributed by atoms with Gasteiger partial charge in [-0.1, -0.05) is 19.1 Å². The second kappa shape index (κ2) is 4.71. The van der Waals surface area contributed by atoms with E-state index >= 15 is 0 Å². The van der Waals surface area contributed by atoms with Crippen molar-refractivity contribution in [3.63, 3.8) is 0 Å². The number of aryl methyl sites for hydroxylation is 1. The lowest BCUT2D eigenvalue weighted by atomic mass is 10.0. The first-order chi connectivity index (χ1) is 8.81. The predicted molar refractivity (Wildman–Crippen MR) is 71.7 cm³/mol. The summed E-state index contributed by atoms with van der Waals surface area (Å²) in [4.78, 5) is 4.77. The van der Waals surface area contributed by atoms with Crippen LogP contribution >= 0.6 is 0 Å². The summed E-state index contributed by atoms with van der Waals surface area (Å²) in [6, 6.07) is 8.65. The Labute approximate surface area is 107 Å². The minimum atomic E-state index is 0.349. The molecule has 2 heterocycles. The molecule has 1 saturated heterocycles. The number of para-hydroxylation sites is 2. The first-order valence-electron chi connectivity index (χ1n) is 6.53. The summed E-state index contributed by atoms with van der Waals surface area (Å²) < 4.78 is 7.81. The standard InChI is InChI=1S/C14H19N3O/c1-3-15-12-9-18-8-10(12)14-16-11-6-4-5-7-13(11)17(14)2/h4-7,10,12,15H,3,8-9H2,1-2H3. The zero-order valence-electron chi connectivity index (χ0n) is 10.9. The average Bonchev–Trinajstić information content (AvgIpc) is 2.96. The molecule has 2 unspecified atom stereocenters. The Balaban J connectivity index is 2.00. The van der Waals surface area contributed by atoms with Crippen LogP contribution < -0.4 is 5.32 Å². The predicted octanol–water partition coefficient (Wildman–Crippen LogP) is 1.67. The van der Waals surface area contributed by atoms with Crippen molar-refractivity contribution in [2.75, 3.05) is 19.8 Å². The molecule has 2 aromatic rings. The van der Waals surface area contributed by atoms with Crippen LogP contribution in [0.2, 0.25) is 0 Å². The third-order valence-electron chi connectivity index (χ3n) is 3.70. The molecule has 4 heteroatoms. The van der Waals surface area contributed by atoms with Gasteiger partial charge < -0.3 is 14.6 Å². The first-order valence-corrected chi connectivity index (χ1v) is 6.53. The fraction of sp³-hybridized carbons (Fsp3) is 0.500. The molecule has 0 radical (unpaired) electrons. The number of rotatable bonds is 3. The van der Waals surface area contributed by atoms with Crippen LogP contribution in [0.3, 0.4) is 0 Å². The van der Waals surface area contributed by atoms with E-state index in [4.69, 9.17) is 9.72 Å². The van der Waals surface area contributed by atoms with Crippen LogP contribution in [-0.4, -0.2) is 35.4 Å². The van der Waals surface area contributed by atoms with Gasteiger partial charge in [0.2, 0.25) is 0 Å². The monoisotopic (exact) mass is 245 g/mol. The lowest BCUT2D eigenvalue weighted by Crippen LogP contribution is -2.35. The maximum absolute atomic E-state index is 5.61. The Hall–Kier alpha value is -1.39. The van der Waals surface area contributed by atoms with Gasteiger partial charge in [-0.2, -0.15) is 0 Å². The molecule has 0 spiro atoms. The van der Waals surface area contributed by atoms with E-state index in [-0.39, 0.29) is 0 Å². The van der Waals surface area contributed by atoms with Gasteiger partial charge in [0.15, 0.2) is 0 Å². The fourth-order valence-electron chi connectivity index (χ4n) is 2.77. The van der Waals surface area contributed by atoms with Crippen molar-refractivity contribution in [3.8, 4) is 0 Å². The minimum Gasteiger partial charge on any atom is -0.379 e. The number of likely N-dealkylation sites (N-methyl/N-ethyl adjacent to an activating group) is 1. The lowest BCUT2D eigenvalue weighted by molar-refractivity contribution is 0.187. The van der Waals surface area contributed by atoms with Crippen molar-refractivity contribution in [3.05, 3.63) is 30.1 Å². The van der Waals surface area contributed by atoms with E-state index < -0.39 is 0 Å². The summed E-state index contributed by atoms with van der Waals surface area (Å²) >= 11 is 0. The molecule has 1 fully saturated rings. The van der Waals surface area contributed by atoms with Crippen molar-refractivity contribution in [2.45, 2.75) is 18.9 Å². The Bertz CT molecular complexity index is 549. The molecule has 0 saturated carbocycles. The molecular weight excluding hydrogens is 226 g/mol. The fourth-order valence-corrected chi connectivity index (χ4v) is 2.77. The summed E-state index contributed by atoms with van der Waals surface area (Å²) in [5.74, 6) is 1.47. The molecule has 2 atom stereocenters. The number of nitrogens with zero attached hydrogens (tertiary/aromatic N) is 2. The number of fused-ring (bicyclic) bond motifs is 1. The van der Waals surface area contributed by atoms with Crippen LogP contribution in [0.5, 0.6) is 0 Å². The van der Waals surface area contributed by atoms with Gasteiger partial charge in [0.25, 0.3) is 0 Å². The summed E-state index contributed by atoms with van der Waals surface area (Å²) in [6.07, 6.45) is 0. The second-order valence-corrected chi connectivity index (χ2v) is 4.83. The SMILES string of the molecule is CCNC1COCC1c1nc2ccccc2n1C. The smallest absolute Gasteiger partial charge is 0.116 e. The molecule has 0 aliphatic carbocycles. The van der Waals surface area contributed by atoms with Crippen LogP contribution in [0.25, 0.3) is 11.0 Å². The summed E-state index contributed by atoms with van der Waals surface area (Å²) in [7, 11) is 2.09. The van der Waals surface area contributed by atoms with Crippen molar-refractivity contribution in [2.24, 2.45) is 7.05 Å². The quantitative estimate of drug-likeness (QED) is 0.894. The molecule has 4 nitrogen and oxygen atoms in total. The highest BCUT2D eigenvalue weighted by molar-refractivity contribution is 5.75. The van der Waals surface area contributed by atoms with Crippen LogP contribution in [0.1, 0.15) is 18.7 Å². The van der Waals surface area contributed by atoms with Crippen molar-refractivity contribution in [1.29, 1.82) is 0 Å². The molecule has 18 heavy (non-hydrogen) atoms. The number of ether oxygens (including phenoxy) is 1.